The van der Waals surface area contributed by atoms with Crippen molar-refractivity contribution in [1.29, 1.82) is 5.26 Å². The van der Waals surface area contributed by atoms with E-state index in [1.165, 1.54) is 12.4 Å². The molecule has 1 aromatic carbocycles. The number of anilines is 2. The number of nitriles is 1. The Hall–Kier alpha value is -3.61. The van der Waals surface area contributed by atoms with Gasteiger partial charge in [-0.05, 0) is 36.5 Å². The number of fused-ring (bicyclic) bond motifs is 1. The van der Waals surface area contributed by atoms with Crippen molar-refractivity contribution in [2.45, 2.75) is 45.7 Å². The van der Waals surface area contributed by atoms with E-state index in [1.807, 2.05) is 6.07 Å². The molecule has 1 unspecified atom stereocenters. The first-order valence-electron chi connectivity index (χ1n) is 11.7. The Balaban J connectivity index is 1.79. The SMILES string of the molecule is CC(C)(C)CNc1c(C#N)cnc2c(Cl)cc(NC(/C(N)=C/N(N)C3CC3)c3cccnc3F)cc12. The summed E-state index contributed by atoms with van der Waals surface area (Å²) in [6.07, 6.45) is 6.48. The lowest BCUT2D eigenvalue weighted by molar-refractivity contribution is 0.377. The number of hydrogen-bond acceptors (Lipinski definition) is 8. The fraction of sp³-hybridized carbons (Fsp3) is 0.346. The van der Waals surface area contributed by atoms with Crippen molar-refractivity contribution in [3.63, 3.8) is 0 Å². The molecular formula is C26H30ClFN8. The van der Waals surface area contributed by atoms with Crippen molar-refractivity contribution < 1.29 is 4.39 Å². The highest BCUT2D eigenvalue weighted by Crippen LogP contribution is 2.36. The molecule has 2 heterocycles. The summed E-state index contributed by atoms with van der Waals surface area (Å²) in [5.74, 6) is 5.47. The summed E-state index contributed by atoms with van der Waals surface area (Å²) in [5.41, 5.74) is 9.15. The van der Waals surface area contributed by atoms with E-state index in [-0.39, 0.29) is 17.0 Å². The van der Waals surface area contributed by atoms with E-state index in [1.54, 1.807) is 29.4 Å². The Morgan fingerprint density at radius 1 is 1.36 bits per heavy atom. The average Bonchev–Trinajstić information content (AvgIpc) is 3.66. The van der Waals surface area contributed by atoms with Gasteiger partial charge in [0.2, 0.25) is 5.95 Å². The normalized spacial score (nSPS) is 14.9. The van der Waals surface area contributed by atoms with E-state index in [2.05, 4.69) is 47.4 Å². The first kappa shape index (κ1) is 25.5. The zero-order valence-corrected chi connectivity index (χ0v) is 21.3. The minimum Gasteiger partial charge on any atom is -0.399 e. The quantitative estimate of drug-likeness (QED) is 0.189. The lowest BCUT2D eigenvalue weighted by atomic mass is 9.96. The number of hydrogen-bond donors (Lipinski definition) is 4. The molecule has 1 aliphatic carbocycles. The van der Waals surface area contributed by atoms with E-state index in [4.69, 9.17) is 23.2 Å². The van der Waals surface area contributed by atoms with Gasteiger partial charge in [-0.2, -0.15) is 9.65 Å². The molecule has 0 aliphatic heterocycles. The molecule has 0 amide bonds. The smallest absolute Gasteiger partial charge is 0.218 e. The molecule has 188 valence electrons. The second-order valence-electron chi connectivity index (χ2n) is 10.2. The van der Waals surface area contributed by atoms with Gasteiger partial charge in [0.15, 0.2) is 0 Å². The van der Waals surface area contributed by atoms with Gasteiger partial charge < -0.3 is 21.4 Å². The standard InChI is InChI=1S/C26H30ClFN8/c1-26(2,3)14-34-22-15(11-29)12-33-23-19(22)9-16(10-20(23)27)35-24(18-5-4-8-32-25(18)28)21(30)13-36(31)17-6-7-17/h4-5,8-10,12-13,17,24,35H,6-7,14,30-31H2,1-3H3,(H,33,34)/b21-13-. The molecule has 4 rings (SSSR count). The lowest BCUT2D eigenvalue weighted by Gasteiger charge is -2.24. The third kappa shape index (κ3) is 5.78. The van der Waals surface area contributed by atoms with Gasteiger partial charge in [-0.15, -0.1) is 0 Å². The maximum absolute atomic E-state index is 14.8. The van der Waals surface area contributed by atoms with Gasteiger partial charge in [-0.25, -0.2) is 10.8 Å². The highest BCUT2D eigenvalue weighted by Gasteiger charge is 2.27. The van der Waals surface area contributed by atoms with Crippen LogP contribution in [0.3, 0.4) is 0 Å². The van der Waals surface area contributed by atoms with Crippen molar-refractivity contribution in [3.8, 4) is 6.07 Å². The maximum atomic E-state index is 14.8. The van der Waals surface area contributed by atoms with Gasteiger partial charge in [0.1, 0.15) is 6.07 Å². The first-order valence-corrected chi connectivity index (χ1v) is 12.1. The predicted molar refractivity (Wildman–Crippen MR) is 141 cm³/mol. The highest BCUT2D eigenvalue weighted by atomic mass is 35.5. The molecule has 10 heteroatoms. The van der Waals surface area contributed by atoms with Crippen LogP contribution in [0, 0.1) is 22.7 Å². The molecule has 0 bridgehead atoms. The number of nitrogens with zero attached hydrogens (tertiary/aromatic N) is 4. The van der Waals surface area contributed by atoms with Crippen LogP contribution in [0.5, 0.6) is 0 Å². The molecule has 0 saturated heterocycles. The molecule has 3 aromatic rings. The van der Waals surface area contributed by atoms with E-state index in [0.717, 1.165) is 12.8 Å². The van der Waals surface area contributed by atoms with Crippen LogP contribution < -0.4 is 22.2 Å². The Bertz CT molecular complexity index is 1340. The summed E-state index contributed by atoms with van der Waals surface area (Å²) in [5, 5.41) is 19.0. The van der Waals surface area contributed by atoms with Crippen LogP contribution in [-0.4, -0.2) is 27.6 Å². The van der Waals surface area contributed by atoms with Crippen molar-refractivity contribution in [2.24, 2.45) is 17.0 Å². The number of hydrazine groups is 1. The average molecular weight is 509 g/mol. The molecule has 36 heavy (non-hydrogen) atoms. The summed E-state index contributed by atoms with van der Waals surface area (Å²) in [4.78, 5) is 8.18. The molecule has 1 fully saturated rings. The highest BCUT2D eigenvalue weighted by molar-refractivity contribution is 6.35. The second-order valence-corrected chi connectivity index (χ2v) is 10.6. The number of pyridine rings is 2. The minimum atomic E-state index is -0.768. The molecule has 1 saturated carbocycles. The van der Waals surface area contributed by atoms with Gasteiger partial charge in [-0.1, -0.05) is 38.4 Å². The molecule has 2 aromatic heterocycles. The van der Waals surface area contributed by atoms with Crippen molar-refractivity contribution >= 4 is 33.9 Å². The lowest BCUT2D eigenvalue weighted by Crippen LogP contribution is -2.31. The topological polar surface area (TPSA) is 129 Å². The molecule has 6 N–H and O–H groups in total. The van der Waals surface area contributed by atoms with Gasteiger partial charge in [-0.3, -0.25) is 4.98 Å². The fourth-order valence-corrected chi connectivity index (χ4v) is 4.09. The number of benzene rings is 1. The third-order valence-corrected chi connectivity index (χ3v) is 6.14. The van der Waals surface area contributed by atoms with Crippen LogP contribution >= 0.6 is 11.6 Å². The second kappa shape index (κ2) is 10.2. The van der Waals surface area contributed by atoms with E-state index >= 15 is 0 Å². The van der Waals surface area contributed by atoms with Crippen LogP contribution in [0.4, 0.5) is 15.8 Å². The summed E-state index contributed by atoms with van der Waals surface area (Å²) in [6, 6.07) is 8.45. The largest absolute Gasteiger partial charge is 0.399 e. The molecule has 0 spiro atoms. The monoisotopic (exact) mass is 508 g/mol. The van der Waals surface area contributed by atoms with Gasteiger partial charge >= 0.3 is 0 Å². The molecule has 0 radical (unpaired) electrons. The zero-order valence-electron chi connectivity index (χ0n) is 20.5. The summed E-state index contributed by atoms with van der Waals surface area (Å²) in [7, 11) is 0. The number of aromatic nitrogens is 2. The summed E-state index contributed by atoms with van der Waals surface area (Å²) >= 11 is 6.62. The fourth-order valence-electron chi connectivity index (χ4n) is 3.82. The van der Waals surface area contributed by atoms with E-state index in [9.17, 15) is 9.65 Å². The number of nitrogens with one attached hydrogen (secondary N) is 2. The Morgan fingerprint density at radius 2 is 2.11 bits per heavy atom. The molecular weight excluding hydrogens is 479 g/mol. The third-order valence-electron chi connectivity index (χ3n) is 5.85. The van der Waals surface area contributed by atoms with Crippen molar-refractivity contribution in [1.82, 2.24) is 15.0 Å². The zero-order chi connectivity index (χ0) is 26.0. The predicted octanol–water partition coefficient (Wildman–Crippen LogP) is 5.04. The number of halogens is 2. The van der Waals surface area contributed by atoms with Crippen LogP contribution in [0.1, 0.15) is 50.8 Å². The van der Waals surface area contributed by atoms with Crippen LogP contribution in [0.25, 0.3) is 10.9 Å². The Labute approximate surface area is 215 Å². The Morgan fingerprint density at radius 3 is 2.75 bits per heavy atom. The van der Waals surface area contributed by atoms with Crippen LogP contribution in [0.15, 0.2) is 48.6 Å². The van der Waals surface area contributed by atoms with Gasteiger partial charge in [0.25, 0.3) is 0 Å². The van der Waals surface area contributed by atoms with Crippen molar-refractivity contribution in [3.05, 3.63) is 70.7 Å². The first-order chi connectivity index (χ1) is 17.1. The van der Waals surface area contributed by atoms with Crippen LogP contribution in [-0.2, 0) is 0 Å². The van der Waals surface area contributed by atoms with Crippen molar-refractivity contribution in [2.75, 3.05) is 17.2 Å². The van der Waals surface area contributed by atoms with Gasteiger partial charge in [0, 0.05) is 47.8 Å². The Kier molecular flexibility index (Phi) is 7.20. The number of rotatable bonds is 8. The minimum absolute atomic E-state index is 0.0280. The van der Waals surface area contributed by atoms with E-state index < -0.39 is 12.0 Å². The summed E-state index contributed by atoms with van der Waals surface area (Å²) < 4.78 is 14.8. The molecule has 1 atom stereocenters. The van der Waals surface area contributed by atoms with E-state index in [0.29, 0.717) is 45.1 Å². The maximum Gasteiger partial charge on any atom is 0.218 e. The molecule has 1 aliphatic rings. The van der Waals surface area contributed by atoms with Crippen LogP contribution in [0.2, 0.25) is 5.02 Å². The van der Waals surface area contributed by atoms with Gasteiger partial charge in [0.05, 0.1) is 33.5 Å². The summed E-state index contributed by atoms with van der Waals surface area (Å²) in [6.45, 7) is 6.92. The molecule has 8 nitrogen and oxygen atoms in total. The number of nitrogens with two attached hydrogens (primary N) is 2.